The van der Waals surface area contributed by atoms with Crippen molar-refractivity contribution >= 4 is 11.8 Å². The van der Waals surface area contributed by atoms with E-state index < -0.39 is 11.7 Å². The Hall–Kier alpha value is -1.93. The van der Waals surface area contributed by atoms with E-state index in [0.29, 0.717) is 58.2 Å². The highest BCUT2D eigenvalue weighted by molar-refractivity contribution is 5.81. The van der Waals surface area contributed by atoms with Crippen LogP contribution in [0.2, 0.25) is 0 Å². The summed E-state index contributed by atoms with van der Waals surface area (Å²) in [6.45, 7) is 7.85. The van der Waals surface area contributed by atoms with E-state index in [2.05, 4.69) is 24.1 Å². The standard InChI is InChI=1S/C21H32N4O4/c1-15(2)13-23-18(26)17-14-25-10-7-22-20(25)21(29-17)5-8-24(9-6-21)19(27)16-3-11-28-12-4-16/h7,10,15-17H,3-6,8-9,11-14H2,1-2H3,(H,23,26). The molecular weight excluding hydrogens is 372 g/mol. The highest BCUT2D eigenvalue weighted by atomic mass is 16.5. The van der Waals surface area contributed by atoms with Crippen LogP contribution in [0.1, 0.15) is 45.4 Å². The van der Waals surface area contributed by atoms with Crippen LogP contribution < -0.4 is 5.32 Å². The lowest BCUT2D eigenvalue weighted by atomic mass is 9.87. The van der Waals surface area contributed by atoms with Gasteiger partial charge in [-0.3, -0.25) is 9.59 Å². The lowest BCUT2D eigenvalue weighted by Gasteiger charge is -2.46. The average molecular weight is 405 g/mol. The molecular formula is C21H32N4O4. The van der Waals surface area contributed by atoms with Crippen LogP contribution in [0.25, 0.3) is 0 Å². The van der Waals surface area contributed by atoms with Crippen molar-refractivity contribution < 1.29 is 19.1 Å². The van der Waals surface area contributed by atoms with Crippen molar-refractivity contribution in [3.8, 4) is 0 Å². The maximum atomic E-state index is 12.9. The van der Waals surface area contributed by atoms with Crippen LogP contribution in [0.5, 0.6) is 0 Å². The molecule has 4 rings (SSSR count). The summed E-state index contributed by atoms with van der Waals surface area (Å²) in [6, 6.07) is 0. The van der Waals surface area contributed by atoms with Gasteiger partial charge in [-0.1, -0.05) is 13.8 Å². The number of nitrogens with one attached hydrogen (secondary N) is 1. The molecule has 2 fully saturated rings. The van der Waals surface area contributed by atoms with Crippen LogP contribution in [0.15, 0.2) is 12.4 Å². The Morgan fingerprint density at radius 2 is 2.00 bits per heavy atom. The van der Waals surface area contributed by atoms with Crippen LogP contribution in [-0.2, 0) is 31.2 Å². The number of rotatable bonds is 4. The number of hydrogen-bond acceptors (Lipinski definition) is 5. The topological polar surface area (TPSA) is 85.7 Å². The summed E-state index contributed by atoms with van der Waals surface area (Å²) in [5.41, 5.74) is -0.603. The Kier molecular flexibility index (Phi) is 5.92. The summed E-state index contributed by atoms with van der Waals surface area (Å²) in [5.74, 6) is 1.50. The molecule has 0 bridgehead atoms. The van der Waals surface area contributed by atoms with E-state index in [1.54, 1.807) is 6.20 Å². The van der Waals surface area contributed by atoms with Crippen LogP contribution in [0.3, 0.4) is 0 Å². The maximum Gasteiger partial charge on any atom is 0.251 e. The van der Waals surface area contributed by atoms with Gasteiger partial charge in [0.15, 0.2) is 6.10 Å². The van der Waals surface area contributed by atoms with Gasteiger partial charge in [0.25, 0.3) is 5.91 Å². The number of nitrogens with zero attached hydrogens (tertiary/aromatic N) is 3. The third-order valence-corrected chi connectivity index (χ3v) is 6.28. The van der Waals surface area contributed by atoms with Gasteiger partial charge < -0.3 is 24.3 Å². The monoisotopic (exact) mass is 404 g/mol. The normalized spacial score (nSPS) is 24.5. The number of carbonyl (C=O) groups is 2. The molecule has 8 heteroatoms. The second kappa shape index (κ2) is 8.44. The Labute approximate surface area is 171 Å². The maximum absolute atomic E-state index is 12.9. The van der Waals surface area contributed by atoms with E-state index in [9.17, 15) is 9.59 Å². The van der Waals surface area contributed by atoms with Crippen LogP contribution in [0.4, 0.5) is 0 Å². The van der Waals surface area contributed by atoms with Crippen molar-refractivity contribution in [1.82, 2.24) is 19.8 Å². The summed E-state index contributed by atoms with van der Waals surface area (Å²) in [7, 11) is 0. The van der Waals surface area contributed by atoms with E-state index in [-0.39, 0.29) is 17.7 Å². The minimum Gasteiger partial charge on any atom is -0.381 e. The zero-order chi connectivity index (χ0) is 20.4. The second-order valence-corrected chi connectivity index (χ2v) is 8.85. The fourth-order valence-corrected chi connectivity index (χ4v) is 4.58. The molecule has 3 aliphatic rings. The summed E-state index contributed by atoms with van der Waals surface area (Å²) in [6.07, 6.45) is 6.09. The lowest BCUT2D eigenvalue weighted by molar-refractivity contribution is -0.177. The van der Waals surface area contributed by atoms with Crippen molar-refractivity contribution in [2.24, 2.45) is 11.8 Å². The van der Waals surface area contributed by atoms with Gasteiger partial charge in [0.05, 0.1) is 6.54 Å². The van der Waals surface area contributed by atoms with Crippen molar-refractivity contribution in [3.63, 3.8) is 0 Å². The van der Waals surface area contributed by atoms with E-state index >= 15 is 0 Å². The number of ether oxygens (including phenoxy) is 2. The predicted octanol–water partition coefficient (Wildman–Crippen LogP) is 1.30. The quantitative estimate of drug-likeness (QED) is 0.818. The Balaban J connectivity index is 1.44. The van der Waals surface area contributed by atoms with Gasteiger partial charge in [-0.05, 0) is 18.8 Å². The number of likely N-dealkylation sites (tertiary alicyclic amines) is 1. The molecule has 0 radical (unpaired) electrons. The molecule has 1 spiro atoms. The third kappa shape index (κ3) is 4.19. The minimum atomic E-state index is -0.603. The first-order chi connectivity index (χ1) is 14.0. The zero-order valence-corrected chi connectivity index (χ0v) is 17.4. The largest absolute Gasteiger partial charge is 0.381 e. The molecule has 0 aliphatic carbocycles. The first-order valence-corrected chi connectivity index (χ1v) is 10.8. The number of hydrogen-bond donors (Lipinski definition) is 1. The fourth-order valence-electron chi connectivity index (χ4n) is 4.58. The van der Waals surface area contributed by atoms with Gasteiger partial charge in [-0.15, -0.1) is 0 Å². The molecule has 160 valence electrons. The molecule has 2 saturated heterocycles. The van der Waals surface area contributed by atoms with E-state index in [1.807, 2.05) is 15.7 Å². The van der Waals surface area contributed by atoms with Gasteiger partial charge in [0, 0.05) is 64.0 Å². The average Bonchev–Trinajstić information content (AvgIpc) is 3.22. The SMILES string of the molecule is CC(C)CNC(=O)C1Cn2ccnc2C2(CCN(C(=O)C3CCOCC3)CC2)O1. The van der Waals surface area contributed by atoms with E-state index in [1.165, 1.54) is 0 Å². The number of piperidine rings is 1. The van der Waals surface area contributed by atoms with Crippen LogP contribution in [0, 0.1) is 11.8 Å². The summed E-state index contributed by atoms with van der Waals surface area (Å²) >= 11 is 0. The van der Waals surface area contributed by atoms with Crippen molar-refractivity contribution in [1.29, 1.82) is 0 Å². The summed E-state index contributed by atoms with van der Waals surface area (Å²) < 4.78 is 13.8. The number of imidazole rings is 1. The molecule has 0 saturated carbocycles. The molecule has 1 aromatic rings. The Bertz CT molecular complexity index is 733. The highest BCUT2D eigenvalue weighted by Crippen LogP contribution is 2.40. The first-order valence-electron chi connectivity index (χ1n) is 10.8. The second-order valence-electron chi connectivity index (χ2n) is 8.85. The molecule has 3 aliphatic heterocycles. The summed E-state index contributed by atoms with van der Waals surface area (Å²) in [5, 5.41) is 2.99. The summed E-state index contributed by atoms with van der Waals surface area (Å²) in [4.78, 5) is 32.1. The van der Waals surface area contributed by atoms with Crippen LogP contribution in [-0.4, -0.2) is 65.2 Å². The molecule has 2 amide bonds. The fraction of sp³-hybridized carbons (Fsp3) is 0.762. The predicted molar refractivity (Wildman–Crippen MR) is 106 cm³/mol. The van der Waals surface area contributed by atoms with E-state index in [4.69, 9.17) is 9.47 Å². The molecule has 0 aromatic carbocycles. The van der Waals surface area contributed by atoms with Crippen molar-refractivity contribution in [3.05, 3.63) is 18.2 Å². The third-order valence-electron chi connectivity index (χ3n) is 6.28. The van der Waals surface area contributed by atoms with Gasteiger partial charge >= 0.3 is 0 Å². The van der Waals surface area contributed by atoms with E-state index in [0.717, 1.165) is 18.7 Å². The van der Waals surface area contributed by atoms with Crippen molar-refractivity contribution in [2.45, 2.75) is 57.8 Å². The number of carbonyl (C=O) groups excluding carboxylic acids is 2. The molecule has 8 nitrogen and oxygen atoms in total. The molecule has 1 aromatic heterocycles. The first kappa shape index (κ1) is 20.3. The van der Waals surface area contributed by atoms with Crippen molar-refractivity contribution in [2.75, 3.05) is 32.8 Å². The Morgan fingerprint density at radius 3 is 2.69 bits per heavy atom. The Morgan fingerprint density at radius 1 is 1.28 bits per heavy atom. The zero-order valence-electron chi connectivity index (χ0n) is 17.4. The highest BCUT2D eigenvalue weighted by Gasteiger charge is 2.48. The minimum absolute atomic E-state index is 0.0709. The van der Waals surface area contributed by atoms with Gasteiger partial charge in [0.2, 0.25) is 5.91 Å². The molecule has 1 unspecified atom stereocenters. The number of amides is 2. The molecule has 1 N–H and O–H groups in total. The van der Waals surface area contributed by atoms with Gasteiger partial charge in [-0.2, -0.15) is 0 Å². The lowest BCUT2D eigenvalue weighted by Crippen LogP contribution is -2.55. The smallest absolute Gasteiger partial charge is 0.251 e. The van der Waals surface area contributed by atoms with Crippen LogP contribution >= 0.6 is 0 Å². The number of fused-ring (bicyclic) bond motifs is 2. The van der Waals surface area contributed by atoms with Gasteiger partial charge in [-0.25, -0.2) is 4.98 Å². The molecule has 4 heterocycles. The molecule has 1 atom stereocenters. The number of aromatic nitrogens is 2. The molecule has 29 heavy (non-hydrogen) atoms. The van der Waals surface area contributed by atoms with Gasteiger partial charge in [0.1, 0.15) is 11.4 Å².